The van der Waals surface area contributed by atoms with Crippen LogP contribution in [0.15, 0.2) is 24.4 Å². The lowest BCUT2D eigenvalue weighted by molar-refractivity contribution is -0.148. The van der Waals surface area contributed by atoms with Gasteiger partial charge in [-0.25, -0.2) is 4.39 Å². The zero-order chi connectivity index (χ0) is 32.5. The van der Waals surface area contributed by atoms with Gasteiger partial charge in [0.15, 0.2) is 0 Å². The van der Waals surface area contributed by atoms with Crippen molar-refractivity contribution < 1.29 is 38.2 Å². The van der Waals surface area contributed by atoms with Crippen molar-refractivity contribution in [3.8, 4) is 0 Å². The number of hydrogen-bond donors (Lipinski definition) is 4. The summed E-state index contributed by atoms with van der Waals surface area (Å²) < 4.78 is 17.6. The van der Waals surface area contributed by atoms with E-state index in [1.807, 2.05) is 25.1 Å². The molecule has 1 aromatic carbocycles. The van der Waals surface area contributed by atoms with Gasteiger partial charge in [0.1, 0.15) is 31.1 Å². The first-order valence-electron chi connectivity index (χ1n) is 15.1. The standard InChI is InChI=1S/C30H40FN7O7/c1-3-18(2)26(37(11-9-25(40)41)24(39)17-45-12-10-31)29(43)32-14-21-8-7-19-5-4-6-20-13-23(38(27(19)20)30(21)44)28(42)33-15-22-16-34-36-35-22/h4-6,16,18,21,23,26H,3,7-15,17H2,1-2H3,(H,32,43)(H,33,42)(H,40,41)(H,34,35,36)/t18-,21+,23-,26-/m0/s1. The number of carbonyl (C=O) groups is 5. The van der Waals surface area contributed by atoms with E-state index in [1.54, 1.807) is 11.8 Å². The molecule has 4 N–H and O–H groups in total. The van der Waals surface area contributed by atoms with Crippen molar-refractivity contribution in [2.45, 2.75) is 64.6 Å². The molecule has 0 fully saturated rings. The first-order valence-corrected chi connectivity index (χ1v) is 15.1. The number of anilines is 1. The molecule has 0 bridgehead atoms. The molecule has 4 amide bonds. The van der Waals surface area contributed by atoms with Crippen molar-refractivity contribution >= 4 is 35.3 Å². The minimum absolute atomic E-state index is 0.0446. The number of amides is 4. The maximum Gasteiger partial charge on any atom is 0.305 e. The minimum Gasteiger partial charge on any atom is -0.481 e. The van der Waals surface area contributed by atoms with Crippen LogP contribution in [-0.4, -0.2) is 100 Å². The number of carboxylic acid groups (broad SMARTS) is 1. The fourth-order valence-electron chi connectivity index (χ4n) is 5.89. The summed E-state index contributed by atoms with van der Waals surface area (Å²) >= 11 is 0. The molecule has 1 aromatic heterocycles. The van der Waals surface area contributed by atoms with E-state index >= 15 is 0 Å². The molecule has 0 saturated heterocycles. The van der Waals surface area contributed by atoms with Crippen molar-refractivity contribution in [3.05, 3.63) is 41.2 Å². The first kappa shape index (κ1) is 33.5. The molecule has 15 heteroatoms. The average molecular weight is 630 g/mol. The van der Waals surface area contributed by atoms with Gasteiger partial charge in [-0.2, -0.15) is 15.4 Å². The molecule has 0 aliphatic carbocycles. The number of para-hydroxylation sites is 1. The number of alkyl halides is 1. The zero-order valence-electron chi connectivity index (χ0n) is 25.5. The number of carbonyl (C=O) groups excluding carboxylic acids is 4. The molecular formula is C30H40FN7O7. The quantitative estimate of drug-likeness (QED) is 0.195. The molecule has 4 atom stereocenters. The number of halogens is 1. The first-order chi connectivity index (χ1) is 21.7. The van der Waals surface area contributed by atoms with Gasteiger partial charge in [0.25, 0.3) is 0 Å². The smallest absolute Gasteiger partial charge is 0.305 e. The lowest BCUT2D eigenvalue weighted by Crippen LogP contribution is -2.55. The fraction of sp³-hybridized carbons (Fsp3) is 0.567. The molecule has 0 radical (unpaired) electrons. The summed E-state index contributed by atoms with van der Waals surface area (Å²) in [5, 5.41) is 25.1. The minimum atomic E-state index is -1.14. The van der Waals surface area contributed by atoms with Crippen LogP contribution in [-0.2, 0) is 48.1 Å². The number of carboxylic acids is 1. The highest BCUT2D eigenvalue weighted by Crippen LogP contribution is 2.40. The third-order valence-electron chi connectivity index (χ3n) is 8.37. The lowest BCUT2D eigenvalue weighted by atomic mass is 9.95. The highest BCUT2D eigenvalue weighted by atomic mass is 19.1. The number of aromatic amines is 1. The number of ether oxygens (including phenoxy) is 1. The van der Waals surface area contributed by atoms with Crippen molar-refractivity contribution in [1.82, 2.24) is 30.9 Å². The van der Waals surface area contributed by atoms with Gasteiger partial charge >= 0.3 is 5.97 Å². The summed E-state index contributed by atoms with van der Waals surface area (Å²) in [7, 11) is 0. The molecule has 0 spiro atoms. The van der Waals surface area contributed by atoms with Gasteiger partial charge in [0, 0.05) is 19.5 Å². The zero-order valence-corrected chi connectivity index (χ0v) is 25.5. The predicted molar refractivity (Wildman–Crippen MR) is 158 cm³/mol. The van der Waals surface area contributed by atoms with Gasteiger partial charge in [0.2, 0.25) is 23.6 Å². The molecule has 4 rings (SSSR count). The highest BCUT2D eigenvalue weighted by Gasteiger charge is 2.44. The monoisotopic (exact) mass is 629 g/mol. The maximum atomic E-state index is 14.0. The summed E-state index contributed by atoms with van der Waals surface area (Å²) in [5.74, 6) is -3.96. The topological polar surface area (TPSA) is 187 Å². The van der Waals surface area contributed by atoms with E-state index in [9.17, 15) is 33.5 Å². The second kappa shape index (κ2) is 15.5. The van der Waals surface area contributed by atoms with Crippen molar-refractivity contribution in [1.29, 1.82) is 0 Å². The van der Waals surface area contributed by atoms with Crippen LogP contribution >= 0.6 is 0 Å². The lowest BCUT2D eigenvalue weighted by Gasteiger charge is -2.34. The summed E-state index contributed by atoms with van der Waals surface area (Å²) in [6.45, 7) is 1.88. The molecule has 2 aliphatic heterocycles. The SMILES string of the molecule is CC[C@H](C)[C@@H](C(=O)NC[C@H]1CCc2cccc3c2N(C1=O)[C@H](C(=O)NCc1cn[nH]n1)C3)N(CCC(=O)O)C(=O)COCCF. The molecule has 2 aromatic rings. The number of benzene rings is 1. The Morgan fingerprint density at radius 2 is 2.02 bits per heavy atom. The molecule has 244 valence electrons. The van der Waals surface area contributed by atoms with Crippen LogP contribution in [0.1, 0.15) is 49.9 Å². The number of aromatic nitrogens is 3. The predicted octanol–water partition coefficient (Wildman–Crippen LogP) is 0.762. The Hall–Kier alpha value is -4.40. The number of nitrogens with one attached hydrogen (secondary N) is 3. The van der Waals surface area contributed by atoms with Gasteiger partial charge in [-0.1, -0.05) is 38.5 Å². The van der Waals surface area contributed by atoms with Crippen LogP contribution < -0.4 is 15.5 Å². The van der Waals surface area contributed by atoms with Crippen molar-refractivity contribution in [3.63, 3.8) is 0 Å². The van der Waals surface area contributed by atoms with Crippen LogP contribution in [0.5, 0.6) is 0 Å². The second-order valence-electron chi connectivity index (χ2n) is 11.3. The Balaban J connectivity index is 1.51. The van der Waals surface area contributed by atoms with E-state index in [0.29, 0.717) is 31.4 Å². The number of hydrogen-bond acceptors (Lipinski definition) is 8. The van der Waals surface area contributed by atoms with Crippen LogP contribution in [0.3, 0.4) is 0 Å². The Bertz CT molecular complexity index is 1370. The Labute approximate surface area is 260 Å². The van der Waals surface area contributed by atoms with Crippen molar-refractivity contribution in [2.75, 3.05) is 37.9 Å². The third-order valence-corrected chi connectivity index (χ3v) is 8.37. The Kier molecular flexibility index (Phi) is 11.6. The van der Waals surface area contributed by atoms with E-state index in [0.717, 1.165) is 16.8 Å². The Morgan fingerprint density at radius 1 is 1.24 bits per heavy atom. The normalized spacial score (nSPS) is 18.5. The Morgan fingerprint density at radius 3 is 2.71 bits per heavy atom. The third kappa shape index (κ3) is 8.01. The van der Waals surface area contributed by atoms with E-state index in [1.165, 1.54) is 11.1 Å². The summed E-state index contributed by atoms with van der Waals surface area (Å²) in [4.78, 5) is 68.2. The van der Waals surface area contributed by atoms with E-state index in [-0.39, 0.29) is 44.0 Å². The average Bonchev–Trinajstić information content (AvgIpc) is 3.66. The second-order valence-corrected chi connectivity index (χ2v) is 11.3. The van der Waals surface area contributed by atoms with E-state index in [2.05, 4.69) is 26.0 Å². The molecule has 3 heterocycles. The van der Waals surface area contributed by atoms with Crippen LogP contribution in [0.2, 0.25) is 0 Å². The summed E-state index contributed by atoms with van der Waals surface area (Å²) in [5.41, 5.74) is 3.11. The van der Waals surface area contributed by atoms with Gasteiger partial charge in [-0.05, 0) is 29.9 Å². The molecule has 14 nitrogen and oxygen atoms in total. The van der Waals surface area contributed by atoms with Gasteiger partial charge < -0.3 is 25.4 Å². The largest absolute Gasteiger partial charge is 0.481 e. The number of nitrogens with zero attached hydrogens (tertiary/aromatic N) is 4. The molecule has 45 heavy (non-hydrogen) atoms. The highest BCUT2D eigenvalue weighted by molar-refractivity contribution is 6.06. The fourth-order valence-corrected chi connectivity index (χ4v) is 5.89. The number of aliphatic carboxylic acids is 1. The van der Waals surface area contributed by atoms with Crippen molar-refractivity contribution in [2.24, 2.45) is 11.8 Å². The number of rotatable bonds is 16. The molecular weight excluding hydrogens is 589 g/mol. The van der Waals surface area contributed by atoms with Gasteiger partial charge in [0.05, 0.1) is 37.4 Å². The molecule has 0 saturated carbocycles. The van der Waals surface area contributed by atoms with E-state index < -0.39 is 55.5 Å². The molecule has 0 unspecified atom stereocenters. The van der Waals surface area contributed by atoms with Crippen LogP contribution in [0.4, 0.5) is 10.1 Å². The molecule has 2 aliphatic rings. The summed E-state index contributed by atoms with van der Waals surface area (Å²) in [6.07, 6.45) is 2.93. The number of aryl methyl sites for hydroxylation is 1. The van der Waals surface area contributed by atoms with Crippen LogP contribution in [0.25, 0.3) is 0 Å². The van der Waals surface area contributed by atoms with Gasteiger partial charge in [-0.3, -0.25) is 28.9 Å². The van der Waals surface area contributed by atoms with E-state index in [4.69, 9.17) is 4.74 Å². The van der Waals surface area contributed by atoms with Crippen LogP contribution in [0, 0.1) is 11.8 Å². The maximum absolute atomic E-state index is 14.0. The van der Waals surface area contributed by atoms with Gasteiger partial charge in [-0.15, -0.1) is 0 Å². The number of H-pyrrole nitrogens is 1. The summed E-state index contributed by atoms with van der Waals surface area (Å²) in [6, 6.07) is 3.93.